The van der Waals surface area contributed by atoms with Crippen LogP contribution in [0.4, 0.5) is 0 Å². The molecule has 1 N–H and O–H groups in total. The number of rotatable bonds is 6. The molecule has 0 spiro atoms. The maximum atomic E-state index is 12.2. The van der Waals surface area contributed by atoms with Crippen molar-refractivity contribution in [2.75, 3.05) is 6.54 Å². The summed E-state index contributed by atoms with van der Waals surface area (Å²) in [5, 5.41) is 3.04. The van der Waals surface area contributed by atoms with Crippen molar-refractivity contribution in [2.24, 2.45) is 16.2 Å². The molecule has 2 heteroatoms. The van der Waals surface area contributed by atoms with Crippen LogP contribution in [-0.2, 0) is 4.79 Å². The third-order valence-corrected chi connectivity index (χ3v) is 3.20. The molecule has 0 atom stereocenters. The molecule has 1 amide bonds. The first kappa shape index (κ1) is 19.2. The fourth-order valence-corrected chi connectivity index (χ4v) is 1.78. The molecular weight excluding hydrogens is 246 g/mol. The zero-order valence-electron chi connectivity index (χ0n) is 14.9. The highest BCUT2D eigenvalue weighted by atomic mass is 16.2. The predicted molar refractivity (Wildman–Crippen MR) is 88.7 cm³/mol. The Labute approximate surface area is 126 Å². The van der Waals surface area contributed by atoms with Gasteiger partial charge in [-0.05, 0) is 43.9 Å². The number of hydrogen-bond donors (Lipinski definition) is 1. The summed E-state index contributed by atoms with van der Waals surface area (Å²) in [6, 6.07) is 0. The number of allylic oxidation sites excluding steroid dienone is 1. The molecule has 0 aromatic heterocycles. The first-order chi connectivity index (χ1) is 8.83. The van der Waals surface area contributed by atoms with E-state index in [1.165, 1.54) is 12.8 Å². The van der Waals surface area contributed by atoms with E-state index in [9.17, 15) is 4.79 Å². The van der Waals surface area contributed by atoms with Gasteiger partial charge in [0.15, 0.2) is 0 Å². The van der Waals surface area contributed by atoms with Crippen LogP contribution in [0.1, 0.15) is 74.7 Å². The maximum absolute atomic E-state index is 12.2. The summed E-state index contributed by atoms with van der Waals surface area (Å²) in [6.07, 6.45) is 7.65. The van der Waals surface area contributed by atoms with Crippen molar-refractivity contribution in [3.8, 4) is 0 Å². The SMILES string of the molecule is CC(C)(C)CCCC=CC(C)(C)C(=O)NCC(C)(C)C. The molecule has 0 saturated heterocycles. The fraction of sp³-hybridized carbons (Fsp3) is 0.833. The van der Waals surface area contributed by atoms with Gasteiger partial charge < -0.3 is 5.32 Å². The van der Waals surface area contributed by atoms with Gasteiger partial charge in [0.25, 0.3) is 0 Å². The van der Waals surface area contributed by atoms with E-state index in [0.29, 0.717) is 12.0 Å². The molecule has 118 valence electrons. The highest BCUT2D eigenvalue weighted by Gasteiger charge is 2.25. The van der Waals surface area contributed by atoms with Crippen LogP contribution in [0.5, 0.6) is 0 Å². The van der Waals surface area contributed by atoms with Crippen LogP contribution >= 0.6 is 0 Å². The maximum Gasteiger partial charge on any atom is 0.229 e. The Kier molecular flexibility index (Phi) is 7.00. The zero-order chi connectivity index (χ0) is 16.0. The first-order valence-corrected chi connectivity index (χ1v) is 7.80. The van der Waals surface area contributed by atoms with Crippen molar-refractivity contribution in [1.82, 2.24) is 5.32 Å². The van der Waals surface area contributed by atoms with Gasteiger partial charge in [0, 0.05) is 6.54 Å². The Morgan fingerprint density at radius 3 is 1.95 bits per heavy atom. The van der Waals surface area contributed by atoms with Crippen LogP contribution in [0, 0.1) is 16.2 Å². The molecule has 0 aliphatic carbocycles. The molecule has 0 saturated carbocycles. The molecule has 0 aliphatic rings. The van der Waals surface area contributed by atoms with Crippen molar-refractivity contribution in [3.63, 3.8) is 0 Å². The molecule has 0 aliphatic heterocycles. The number of carbonyl (C=O) groups is 1. The number of amides is 1. The highest BCUT2D eigenvalue weighted by molar-refractivity contribution is 5.83. The van der Waals surface area contributed by atoms with Gasteiger partial charge in [0.05, 0.1) is 5.41 Å². The number of carbonyl (C=O) groups excluding carboxylic acids is 1. The van der Waals surface area contributed by atoms with Crippen molar-refractivity contribution < 1.29 is 4.79 Å². The van der Waals surface area contributed by atoms with E-state index in [1.807, 2.05) is 19.9 Å². The Hall–Kier alpha value is -0.790. The standard InChI is InChI=1S/C18H35NO/c1-16(2,3)12-10-9-11-13-18(7,8)15(20)19-14-17(4,5)6/h11,13H,9-10,12,14H2,1-8H3,(H,19,20). The van der Waals surface area contributed by atoms with Crippen molar-refractivity contribution in [1.29, 1.82) is 0 Å². The van der Waals surface area contributed by atoms with E-state index in [1.54, 1.807) is 0 Å². The van der Waals surface area contributed by atoms with Crippen LogP contribution < -0.4 is 5.32 Å². The molecule has 0 radical (unpaired) electrons. The Balaban J connectivity index is 4.19. The van der Waals surface area contributed by atoms with Crippen molar-refractivity contribution in [2.45, 2.75) is 74.7 Å². The van der Waals surface area contributed by atoms with Crippen LogP contribution in [0.2, 0.25) is 0 Å². The van der Waals surface area contributed by atoms with E-state index in [-0.39, 0.29) is 11.3 Å². The van der Waals surface area contributed by atoms with E-state index >= 15 is 0 Å². The lowest BCUT2D eigenvalue weighted by molar-refractivity contribution is -0.127. The van der Waals surface area contributed by atoms with E-state index in [0.717, 1.165) is 6.42 Å². The lowest BCUT2D eigenvalue weighted by Crippen LogP contribution is -2.40. The molecule has 0 fully saturated rings. The number of unbranched alkanes of at least 4 members (excludes halogenated alkanes) is 1. The van der Waals surface area contributed by atoms with Gasteiger partial charge in [-0.25, -0.2) is 0 Å². The van der Waals surface area contributed by atoms with Gasteiger partial charge in [0.2, 0.25) is 5.91 Å². The second kappa shape index (κ2) is 7.28. The van der Waals surface area contributed by atoms with Crippen molar-refractivity contribution >= 4 is 5.91 Å². The van der Waals surface area contributed by atoms with E-state index in [4.69, 9.17) is 0 Å². The summed E-state index contributed by atoms with van der Waals surface area (Å²) in [5.41, 5.74) is 0.0998. The van der Waals surface area contributed by atoms with Crippen LogP contribution in [-0.4, -0.2) is 12.5 Å². The molecule has 0 aromatic carbocycles. The lowest BCUT2D eigenvalue weighted by Gasteiger charge is -2.24. The average Bonchev–Trinajstić information content (AvgIpc) is 2.22. The van der Waals surface area contributed by atoms with Crippen LogP contribution in [0.25, 0.3) is 0 Å². The number of nitrogens with one attached hydrogen (secondary N) is 1. The summed E-state index contributed by atoms with van der Waals surface area (Å²) < 4.78 is 0. The molecular formula is C18H35NO. The molecule has 20 heavy (non-hydrogen) atoms. The van der Waals surface area contributed by atoms with Gasteiger partial charge in [0.1, 0.15) is 0 Å². The fourth-order valence-electron chi connectivity index (χ4n) is 1.78. The first-order valence-electron chi connectivity index (χ1n) is 7.80. The predicted octanol–water partition coefficient (Wildman–Crippen LogP) is 4.95. The van der Waals surface area contributed by atoms with E-state index < -0.39 is 5.41 Å². The zero-order valence-corrected chi connectivity index (χ0v) is 14.9. The highest BCUT2D eigenvalue weighted by Crippen LogP contribution is 2.23. The molecule has 0 unspecified atom stereocenters. The monoisotopic (exact) mass is 281 g/mol. The Morgan fingerprint density at radius 2 is 1.50 bits per heavy atom. The molecule has 2 nitrogen and oxygen atoms in total. The summed E-state index contributed by atoms with van der Waals surface area (Å²) >= 11 is 0. The summed E-state index contributed by atoms with van der Waals surface area (Å²) in [6.45, 7) is 17.8. The summed E-state index contributed by atoms with van der Waals surface area (Å²) in [4.78, 5) is 12.2. The second-order valence-electron chi connectivity index (χ2n) is 8.82. The quantitative estimate of drug-likeness (QED) is 0.542. The topological polar surface area (TPSA) is 29.1 Å². The summed E-state index contributed by atoms with van der Waals surface area (Å²) in [5.74, 6) is 0.111. The third-order valence-electron chi connectivity index (χ3n) is 3.20. The van der Waals surface area contributed by atoms with Crippen molar-refractivity contribution in [3.05, 3.63) is 12.2 Å². The minimum atomic E-state index is -0.424. The molecule has 0 heterocycles. The van der Waals surface area contributed by atoms with Gasteiger partial charge in [-0.2, -0.15) is 0 Å². The van der Waals surface area contributed by atoms with E-state index in [2.05, 4.69) is 52.9 Å². The minimum absolute atomic E-state index is 0.111. The summed E-state index contributed by atoms with van der Waals surface area (Å²) in [7, 11) is 0. The smallest absolute Gasteiger partial charge is 0.229 e. The Morgan fingerprint density at radius 1 is 0.950 bits per heavy atom. The van der Waals surface area contributed by atoms with Gasteiger partial charge in [-0.15, -0.1) is 0 Å². The third kappa shape index (κ3) is 10.1. The van der Waals surface area contributed by atoms with Crippen LogP contribution in [0.15, 0.2) is 12.2 Å². The Bertz CT molecular complexity index is 326. The lowest BCUT2D eigenvalue weighted by atomic mass is 9.88. The second-order valence-corrected chi connectivity index (χ2v) is 8.82. The average molecular weight is 281 g/mol. The number of hydrogen-bond acceptors (Lipinski definition) is 1. The minimum Gasteiger partial charge on any atom is -0.355 e. The largest absolute Gasteiger partial charge is 0.355 e. The van der Waals surface area contributed by atoms with Crippen LogP contribution in [0.3, 0.4) is 0 Å². The molecule has 0 rings (SSSR count). The van der Waals surface area contributed by atoms with Gasteiger partial charge in [-0.3, -0.25) is 4.79 Å². The van der Waals surface area contributed by atoms with Gasteiger partial charge >= 0.3 is 0 Å². The normalized spacial score (nSPS) is 13.8. The molecule has 0 bridgehead atoms. The van der Waals surface area contributed by atoms with Gasteiger partial charge in [-0.1, -0.05) is 53.7 Å². The molecule has 0 aromatic rings.